The minimum atomic E-state index is -3.51. The fourth-order valence-corrected chi connectivity index (χ4v) is 2.83. The Morgan fingerprint density at radius 1 is 0.889 bits per heavy atom. The largest absolute Gasteiger partial charge is 0.844 e. The standard InChI is InChI=1S/C17H16N6O3S/c1-2-27(25,26)14-9-7-13(8-10-14)20-16-21-15(22-17(24)23-16)19-12-5-3-11(18)4-6-12/h2-10H,1,18H2,(H3,19,20,21,22,23,24)/p-1. The Bertz CT molecular complexity index is 1070. The lowest BCUT2D eigenvalue weighted by Gasteiger charge is -2.12. The van der Waals surface area contributed by atoms with Crippen LogP contribution in [-0.4, -0.2) is 23.4 Å². The van der Waals surface area contributed by atoms with E-state index < -0.39 is 15.8 Å². The number of benzene rings is 2. The minimum Gasteiger partial charge on any atom is -0.844 e. The second kappa shape index (κ2) is 7.30. The first kappa shape index (κ1) is 18.1. The first-order chi connectivity index (χ1) is 12.9. The van der Waals surface area contributed by atoms with Crippen LogP contribution in [0.5, 0.6) is 6.01 Å². The monoisotopic (exact) mass is 383 g/mol. The fourth-order valence-electron chi connectivity index (χ4n) is 2.12. The van der Waals surface area contributed by atoms with Gasteiger partial charge in [0.2, 0.25) is 11.9 Å². The van der Waals surface area contributed by atoms with Crippen LogP contribution in [0.2, 0.25) is 0 Å². The van der Waals surface area contributed by atoms with Crippen LogP contribution >= 0.6 is 0 Å². The van der Waals surface area contributed by atoms with Crippen LogP contribution in [-0.2, 0) is 9.84 Å². The van der Waals surface area contributed by atoms with Gasteiger partial charge in [0.25, 0.3) is 0 Å². The molecule has 0 fully saturated rings. The summed E-state index contributed by atoms with van der Waals surface area (Å²) < 4.78 is 23.5. The molecule has 27 heavy (non-hydrogen) atoms. The van der Waals surface area contributed by atoms with E-state index in [0.717, 1.165) is 5.41 Å². The number of rotatable bonds is 6. The zero-order valence-corrected chi connectivity index (χ0v) is 14.8. The minimum absolute atomic E-state index is 0.0206. The molecule has 4 N–H and O–H groups in total. The van der Waals surface area contributed by atoms with E-state index >= 15 is 0 Å². The Labute approximate surface area is 155 Å². The number of nitrogen functional groups attached to an aromatic ring is 1. The van der Waals surface area contributed by atoms with Gasteiger partial charge in [-0.2, -0.15) is 4.98 Å². The number of sulfone groups is 1. The highest BCUT2D eigenvalue weighted by Crippen LogP contribution is 2.20. The number of hydrogen-bond acceptors (Lipinski definition) is 9. The van der Waals surface area contributed by atoms with Gasteiger partial charge in [0.05, 0.1) is 10.9 Å². The molecule has 3 aromatic rings. The average Bonchev–Trinajstić information content (AvgIpc) is 2.64. The van der Waals surface area contributed by atoms with Crippen LogP contribution < -0.4 is 21.5 Å². The summed E-state index contributed by atoms with van der Waals surface area (Å²) in [4.78, 5) is 11.6. The average molecular weight is 383 g/mol. The molecule has 0 aliphatic carbocycles. The van der Waals surface area contributed by atoms with E-state index in [1.54, 1.807) is 24.3 Å². The molecule has 0 saturated heterocycles. The van der Waals surface area contributed by atoms with Crippen molar-refractivity contribution in [3.63, 3.8) is 0 Å². The van der Waals surface area contributed by atoms with Crippen LogP contribution in [0.15, 0.2) is 65.4 Å². The molecule has 0 bridgehead atoms. The Morgan fingerprint density at radius 3 is 1.85 bits per heavy atom. The number of anilines is 5. The van der Waals surface area contributed by atoms with E-state index in [1.165, 1.54) is 24.3 Å². The summed E-state index contributed by atoms with van der Waals surface area (Å²) in [5.41, 5.74) is 7.38. The van der Waals surface area contributed by atoms with Gasteiger partial charge in [-0.05, 0) is 48.5 Å². The van der Waals surface area contributed by atoms with Crippen LogP contribution in [0, 0.1) is 0 Å². The summed E-state index contributed by atoms with van der Waals surface area (Å²) in [6, 6.07) is 12.0. The second-order valence-corrected chi connectivity index (χ2v) is 7.27. The van der Waals surface area contributed by atoms with E-state index in [4.69, 9.17) is 5.73 Å². The second-order valence-electron chi connectivity index (χ2n) is 5.37. The van der Waals surface area contributed by atoms with E-state index in [1.807, 2.05) is 0 Å². The SMILES string of the molecule is C=CS(=O)(=O)c1ccc(Nc2nc([O-])nc(Nc3ccc(N)cc3)n2)cc1. The van der Waals surface area contributed by atoms with E-state index in [0.29, 0.717) is 17.1 Å². The lowest BCUT2D eigenvalue weighted by Crippen LogP contribution is -2.08. The summed E-state index contributed by atoms with van der Waals surface area (Å²) in [7, 11) is -3.51. The zero-order chi connectivity index (χ0) is 19.4. The molecule has 1 aromatic heterocycles. The van der Waals surface area contributed by atoms with Gasteiger partial charge < -0.3 is 21.5 Å². The predicted molar refractivity (Wildman–Crippen MR) is 101 cm³/mol. The quantitative estimate of drug-likeness (QED) is 0.543. The summed E-state index contributed by atoms with van der Waals surface area (Å²) >= 11 is 0. The molecule has 0 atom stereocenters. The first-order valence-electron chi connectivity index (χ1n) is 7.66. The highest BCUT2D eigenvalue weighted by atomic mass is 32.2. The lowest BCUT2D eigenvalue weighted by molar-refractivity contribution is -0.281. The maximum absolute atomic E-state index is 11.7. The van der Waals surface area contributed by atoms with Gasteiger partial charge in [0.1, 0.15) is 0 Å². The van der Waals surface area contributed by atoms with Crippen LogP contribution in [0.25, 0.3) is 0 Å². The van der Waals surface area contributed by atoms with Gasteiger partial charge in [-0.1, -0.05) is 6.58 Å². The Morgan fingerprint density at radius 2 is 1.37 bits per heavy atom. The topological polar surface area (TPSA) is 146 Å². The van der Waals surface area contributed by atoms with Gasteiger partial charge in [-0.3, -0.25) is 0 Å². The van der Waals surface area contributed by atoms with Gasteiger partial charge in [-0.15, -0.1) is 0 Å². The molecule has 10 heteroatoms. The summed E-state index contributed by atoms with van der Waals surface area (Å²) in [6.07, 6.45) is 0. The Hall–Kier alpha value is -3.66. The molecule has 1 heterocycles. The van der Waals surface area contributed by atoms with Crippen molar-refractivity contribution in [1.82, 2.24) is 15.0 Å². The third-order valence-electron chi connectivity index (χ3n) is 3.44. The normalized spacial score (nSPS) is 11.0. The van der Waals surface area contributed by atoms with Gasteiger partial charge in [0.15, 0.2) is 9.84 Å². The molecule has 0 radical (unpaired) electrons. The molecule has 0 unspecified atom stereocenters. The summed E-state index contributed by atoms with van der Waals surface area (Å²) in [5, 5.41) is 18.3. The highest BCUT2D eigenvalue weighted by molar-refractivity contribution is 7.94. The molecule has 0 aliphatic rings. The molecule has 9 nitrogen and oxygen atoms in total. The third kappa shape index (κ3) is 4.50. The maximum Gasteiger partial charge on any atom is 0.231 e. The van der Waals surface area contributed by atoms with Crippen LogP contribution in [0.1, 0.15) is 0 Å². The van der Waals surface area contributed by atoms with Crippen molar-refractivity contribution in [2.24, 2.45) is 0 Å². The lowest BCUT2D eigenvalue weighted by atomic mass is 10.3. The number of hydrogen-bond donors (Lipinski definition) is 3. The number of aromatic nitrogens is 3. The van der Waals surface area contributed by atoms with Gasteiger partial charge >= 0.3 is 0 Å². The number of nitrogens with zero attached hydrogens (tertiary/aromatic N) is 3. The number of nitrogens with one attached hydrogen (secondary N) is 2. The molecular weight excluding hydrogens is 368 g/mol. The van der Waals surface area contributed by atoms with Crippen molar-refractivity contribution in [3.05, 3.63) is 60.5 Å². The van der Waals surface area contributed by atoms with E-state index in [2.05, 4.69) is 32.2 Å². The van der Waals surface area contributed by atoms with Crippen LogP contribution in [0.3, 0.4) is 0 Å². The smallest absolute Gasteiger partial charge is 0.231 e. The first-order valence-corrected chi connectivity index (χ1v) is 9.20. The Balaban J connectivity index is 1.80. The Kier molecular flexibility index (Phi) is 4.90. The van der Waals surface area contributed by atoms with Crippen molar-refractivity contribution in [2.75, 3.05) is 16.4 Å². The number of nitrogens with two attached hydrogens (primary N) is 1. The molecule has 3 rings (SSSR count). The highest BCUT2D eigenvalue weighted by Gasteiger charge is 2.09. The summed E-state index contributed by atoms with van der Waals surface area (Å²) in [6.45, 7) is 3.28. The van der Waals surface area contributed by atoms with Gasteiger partial charge in [-0.25, -0.2) is 18.4 Å². The van der Waals surface area contributed by atoms with Crippen molar-refractivity contribution in [1.29, 1.82) is 0 Å². The summed E-state index contributed by atoms with van der Waals surface area (Å²) in [5.74, 6) is 0.0837. The van der Waals surface area contributed by atoms with Crippen LogP contribution in [0.4, 0.5) is 29.0 Å². The third-order valence-corrected chi connectivity index (χ3v) is 4.81. The van der Waals surface area contributed by atoms with Crippen molar-refractivity contribution in [2.45, 2.75) is 4.90 Å². The zero-order valence-electron chi connectivity index (χ0n) is 14.0. The molecule has 0 spiro atoms. The van der Waals surface area contributed by atoms with Gasteiger partial charge in [0, 0.05) is 22.5 Å². The van der Waals surface area contributed by atoms with Crippen molar-refractivity contribution in [3.8, 4) is 6.01 Å². The molecule has 0 aliphatic heterocycles. The fraction of sp³-hybridized carbons (Fsp3) is 0. The molecule has 138 valence electrons. The van der Waals surface area contributed by atoms with Crippen molar-refractivity contribution < 1.29 is 13.5 Å². The van der Waals surface area contributed by atoms with Crippen molar-refractivity contribution >= 4 is 38.8 Å². The molecule has 0 amide bonds. The molecule has 2 aromatic carbocycles. The molecular formula is C17H15N6O3S-. The molecule has 0 saturated carbocycles. The predicted octanol–water partition coefficient (Wildman–Crippen LogP) is 1.93. The van der Waals surface area contributed by atoms with E-state index in [9.17, 15) is 13.5 Å². The van der Waals surface area contributed by atoms with E-state index in [-0.39, 0.29) is 16.8 Å². The maximum atomic E-state index is 11.7.